The molecule has 0 aliphatic heterocycles. The molecule has 30 heavy (non-hydrogen) atoms. The van der Waals surface area contributed by atoms with E-state index in [-0.39, 0.29) is 17.7 Å². The number of phenols is 1. The molecule has 0 saturated heterocycles. The van der Waals surface area contributed by atoms with Crippen molar-refractivity contribution in [1.82, 2.24) is 0 Å². The van der Waals surface area contributed by atoms with Gasteiger partial charge in [0, 0.05) is 12.1 Å². The van der Waals surface area contributed by atoms with Crippen molar-refractivity contribution in [3.05, 3.63) is 93.8 Å². The number of anilines is 1. The zero-order valence-electron chi connectivity index (χ0n) is 17.2. The van der Waals surface area contributed by atoms with Crippen LogP contribution in [0.1, 0.15) is 33.4 Å². The number of nitrogens with one attached hydrogen (secondary N) is 1. The molecule has 3 aromatic carbocycles. The summed E-state index contributed by atoms with van der Waals surface area (Å²) < 4.78 is 24.0. The van der Waals surface area contributed by atoms with E-state index in [1.165, 1.54) is 17.7 Å². The van der Waals surface area contributed by atoms with Crippen LogP contribution in [0.3, 0.4) is 0 Å². The fourth-order valence-electron chi connectivity index (χ4n) is 3.59. The Morgan fingerprint density at radius 1 is 0.933 bits per heavy atom. The normalized spacial score (nSPS) is 11.4. The minimum absolute atomic E-state index is 0.222. The number of aryl methyl sites for hydroxylation is 2. The van der Waals surface area contributed by atoms with Crippen molar-refractivity contribution < 1.29 is 19.0 Å². The van der Waals surface area contributed by atoms with Crippen molar-refractivity contribution in [2.24, 2.45) is 0 Å². The molecule has 0 fully saturated rings. The molecule has 0 spiro atoms. The third-order valence-electron chi connectivity index (χ3n) is 5.16. The van der Waals surface area contributed by atoms with Gasteiger partial charge in [-0.1, -0.05) is 24.3 Å². The summed E-state index contributed by atoms with van der Waals surface area (Å²) in [7, 11) is -2.13. The van der Waals surface area contributed by atoms with Crippen LogP contribution >= 0.6 is 8.03 Å². The van der Waals surface area contributed by atoms with Crippen LogP contribution in [0.25, 0.3) is 0 Å². The van der Waals surface area contributed by atoms with Crippen LogP contribution in [0.4, 0.5) is 10.1 Å². The van der Waals surface area contributed by atoms with Crippen LogP contribution in [0, 0.1) is 19.7 Å². The summed E-state index contributed by atoms with van der Waals surface area (Å²) in [5, 5.41) is 13.5. The molecule has 0 saturated carbocycles. The highest BCUT2D eigenvalue weighted by molar-refractivity contribution is 7.38. The van der Waals surface area contributed by atoms with E-state index in [0.717, 1.165) is 39.9 Å². The zero-order chi connectivity index (χ0) is 21.7. The second kappa shape index (κ2) is 9.84. The average Bonchev–Trinajstić information content (AvgIpc) is 2.68. The predicted molar refractivity (Wildman–Crippen MR) is 119 cm³/mol. The molecule has 6 heteroatoms. The molecule has 0 aromatic heterocycles. The zero-order valence-corrected chi connectivity index (χ0v) is 18.0. The summed E-state index contributed by atoms with van der Waals surface area (Å²) in [5.41, 5.74) is 7.27. The number of benzene rings is 3. The summed E-state index contributed by atoms with van der Waals surface area (Å²) in [4.78, 5) is 8.93. The van der Waals surface area contributed by atoms with Gasteiger partial charge in [-0.2, -0.15) is 4.89 Å². The smallest absolute Gasteiger partial charge is 0.507 e. The van der Waals surface area contributed by atoms with E-state index < -0.39 is 8.03 Å². The highest BCUT2D eigenvalue weighted by atomic mass is 31.1. The third-order valence-corrected chi connectivity index (χ3v) is 5.77. The van der Waals surface area contributed by atoms with Crippen molar-refractivity contribution in [2.45, 2.75) is 26.7 Å². The SMILES string of the molecule is Cc1cc(NCC[P+](=O)O)cc(C)c1Cc1ccc(O)c(Cc2ccc(F)cc2)c1. The van der Waals surface area contributed by atoms with Crippen molar-refractivity contribution >= 4 is 13.7 Å². The Bertz CT molecular complexity index is 1030. The standard InChI is InChI=1S/C24H25FNO3P/c1-16-11-22(26-9-10-30(28)29)12-17(2)23(16)15-19-5-8-24(27)20(14-19)13-18-3-6-21(25)7-4-18/h3-8,11-12,14,26H,9-10,13,15H2,1-2H3,(H-,27,28,29)/p+1. The summed E-state index contributed by atoms with van der Waals surface area (Å²) in [6.07, 6.45) is 1.49. The van der Waals surface area contributed by atoms with E-state index >= 15 is 0 Å². The Morgan fingerprint density at radius 2 is 1.57 bits per heavy atom. The van der Waals surface area contributed by atoms with Gasteiger partial charge in [0.2, 0.25) is 0 Å². The molecule has 0 bridgehead atoms. The number of rotatable bonds is 8. The fraction of sp³-hybridized carbons (Fsp3) is 0.250. The largest absolute Gasteiger partial charge is 0.508 e. The minimum atomic E-state index is -2.13. The lowest BCUT2D eigenvalue weighted by Gasteiger charge is -2.15. The Kier molecular flexibility index (Phi) is 7.20. The molecular weight excluding hydrogens is 400 g/mol. The summed E-state index contributed by atoms with van der Waals surface area (Å²) >= 11 is 0. The molecule has 0 radical (unpaired) electrons. The molecular formula is C24H26FNO3P+. The highest BCUT2D eigenvalue weighted by Crippen LogP contribution is 2.27. The van der Waals surface area contributed by atoms with E-state index in [1.807, 2.05) is 24.3 Å². The summed E-state index contributed by atoms with van der Waals surface area (Å²) in [6, 6.07) is 16.1. The first-order valence-corrected chi connectivity index (χ1v) is 11.2. The Hall–Kier alpha value is -2.75. The van der Waals surface area contributed by atoms with Crippen LogP contribution in [-0.4, -0.2) is 22.7 Å². The Balaban J connectivity index is 1.77. The lowest BCUT2D eigenvalue weighted by atomic mass is 9.93. The lowest BCUT2D eigenvalue weighted by Crippen LogP contribution is -2.06. The topological polar surface area (TPSA) is 69.6 Å². The maximum atomic E-state index is 13.1. The lowest BCUT2D eigenvalue weighted by molar-refractivity contribution is 0.469. The molecule has 3 N–H and O–H groups in total. The number of phenolic OH excluding ortho intramolecular Hbond substituents is 1. The van der Waals surface area contributed by atoms with Gasteiger partial charge in [0.25, 0.3) is 0 Å². The fourth-order valence-corrected chi connectivity index (χ4v) is 3.89. The van der Waals surface area contributed by atoms with Gasteiger partial charge < -0.3 is 10.4 Å². The van der Waals surface area contributed by atoms with E-state index in [1.54, 1.807) is 18.2 Å². The van der Waals surface area contributed by atoms with Crippen molar-refractivity contribution in [1.29, 1.82) is 0 Å². The minimum Gasteiger partial charge on any atom is -0.508 e. The first kappa shape index (κ1) is 21.9. The molecule has 3 aromatic rings. The quantitative estimate of drug-likeness (QED) is 0.418. The molecule has 0 amide bonds. The van der Waals surface area contributed by atoms with E-state index in [9.17, 15) is 14.1 Å². The Morgan fingerprint density at radius 3 is 2.20 bits per heavy atom. The van der Waals surface area contributed by atoms with Gasteiger partial charge in [-0.05, 0) is 88.5 Å². The van der Waals surface area contributed by atoms with Crippen molar-refractivity contribution in [2.75, 3.05) is 18.0 Å². The molecule has 0 heterocycles. The number of hydrogen-bond donors (Lipinski definition) is 3. The van der Waals surface area contributed by atoms with E-state index in [4.69, 9.17) is 4.89 Å². The van der Waals surface area contributed by atoms with Gasteiger partial charge in [0.05, 0.1) is 6.54 Å². The van der Waals surface area contributed by atoms with Gasteiger partial charge in [0.1, 0.15) is 11.6 Å². The van der Waals surface area contributed by atoms with Crippen LogP contribution in [0.15, 0.2) is 54.6 Å². The van der Waals surface area contributed by atoms with Crippen molar-refractivity contribution in [3.8, 4) is 5.75 Å². The molecule has 156 valence electrons. The highest BCUT2D eigenvalue weighted by Gasteiger charge is 2.11. The molecule has 1 unspecified atom stereocenters. The second-order valence-corrected chi connectivity index (χ2v) is 8.69. The summed E-state index contributed by atoms with van der Waals surface area (Å²) in [6.45, 7) is 4.56. The maximum absolute atomic E-state index is 13.1. The number of halogens is 1. The first-order valence-electron chi connectivity index (χ1n) is 9.84. The van der Waals surface area contributed by atoms with E-state index in [2.05, 4.69) is 19.2 Å². The van der Waals surface area contributed by atoms with Crippen LogP contribution in [0.2, 0.25) is 0 Å². The maximum Gasteiger partial charge on any atom is 0.507 e. The van der Waals surface area contributed by atoms with Gasteiger partial charge in [-0.3, -0.25) is 0 Å². The van der Waals surface area contributed by atoms with Crippen molar-refractivity contribution in [3.63, 3.8) is 0 Å². The molecule has 1 atom stereocenters. The van der Waals surface area contributed by atoms with Gasteiger partial charge in [-0.15, -0.1) is 0 Å². The average molecular weight is 426 g/mol. The molecule has 0 aliphatic carbocycles. The van der Waals surface area contributed by atoms with E-state index in [0.29, 0.717) is 13.0 Å². The number of hydrogen-bond acceptors (Lipinski definition) is 3. The van der Waals surface area contributed by atoms with Crippen LogP contribution < -0.4 is 5.32 Å². The summed E-state index contributed by atoms with van der Waals surface area (Å²) in [5.74, 6) is -0.0379. The second-order valence-electron chi connectivity index (χ2n) is 7.53. The van der Waals surface area contributed by atoms with Gasteiger partial charge in [0.15, 0.2) is 6.16 Å². The third kappa shape index (κ3) is 5.88. The Labute approximate surface area is 177 Å². The predicted octanol–water partition coefficient (Wildman–Crippen LogP) is 5.48. The van der Waals surface area contributed by atoms with Crippen LogP contribution in [0.5, 0.6) is 5.75 Å². The number of aromatic hydroxyl groups is 1. The molecule has 3 rings (SSSR count). The van der Waals surface area contributed by atoms with Gasteiger partial charge in [-0.25, -0.2) is 4.39 Å². The molecule has 0 aliphatic rings. The molecule has 4 nitrogen and oxygen atoms in total. The first-order chi connectivity index (χ1) is 14.3. The van der Waals surface area contributed by atoms with Gasteiger partial charge >= 0.3 is 8.03 Å². The monoisotopic (exact) mass is 426 g/mol. The van der Waals surface area contributed by atoms with Crippen LogP contribution in [-0.2, 0) is 17.4 Å².